The quantitative estimate of drug-likeness (QED) is 0.603. The predicted octanol–water partition coefficient (Wildman–Crippen LogP) is 4.04. The number of halogens is 3. The minimum atomic E-state index is -0.896. The van der Waals surface area contributed by atoms with Crippen LogP contribution in [0.4, 0.5) is 5.69 Å². The van der Waals surface area contributed by atoms with E-state index in [9.17, 15) is 14.4 Å². The van der Waals surface area contributed by atoms with Crippen LogP contribution in [0.5, 0.6) is 0 Å². The van der Waals surface area contributed by atoms with Crippen LogP contribution in [0.15, 0.2) is 30.5 Å². The molecule has 25 heavy (non-hydrogen) atoms. The number of Topliss-reactive ketones (excluding diaryl/α,β-unsaturated/α-hetero) is 1. The molecule has 2 rings (SSSR count). The molecule has 0 radical (unpaired) electrons. The van der Waals surface area contributed by atoms with Crippen LogP contribution in [0.1, 0.15) is 27.8 Å². The van der Waals surface area contributed by atoms with Crippen molar-refractivity contribution < 1.29 is 19.1 Å². The molecule has 0 fully saturated rings. The molecule has 130 valence electrons. The number of amides is 1. The number of carbonyl (C=O) groups is 3. The van der Waals surface area contributed by atoms with E-state index in [1.807, 2.05) is 0 Å². The summed E-state index contributed by atoms with van der Waals surface area (Å²) >= 11 is 17.4. The van der Waals surface area contributed by atoms with Gasteiger partial charge in [0, 0.05) is 24.4 Å². The van der Waals surface area contributed by atoms with E-state index in [-0.39, 0.29) is 26.7 Å². The highest BCUT2D eigenvalue weighted by Gasteiger charge is 2.19. The Labute approximate surface area is 158 Å². The molecule has 0 bridgehead atoms. The van der Waals surface area contributed by atoms with Crippen molar-refractivity contribution in [2.24, 2.45) is 0 Å². The van der Waals surface area contributed by atoms with Gasteiger partial charge in [0.15, 0.2) is 18.1 Å². The number of esters is 1. The Balaban J connectivity index is 2.01. The van der Waals surface area contributed by atoms with Gasteiger partial charge in [-0.3, -0.25) is 9.59 Å². The van der Waals surface area contributed by atoms with Gasteiger partial charge in [0.1, 0.15) is 0 Å². The fourth-order valence-electron chi connectivity index (χ4n) is 1.81. The van der Waals surface area contributed by atoms with Crippen LogP contribution in [0.25, 0.3) is 0 Å². The summed E-state index contributed by atoms with van der Waals surface area (Å²) in [6, 6.07) is 6.14. The smallest absolute Gasteiger partial charge is 0.358 e. The Hall–Kier alpha value is -2.15. The zero-order valence-corrected chi connectivity index (χ0v) is 15.1. The molecule has 1 amide bonds. The molecule has 0 unspecified atom stereocenters. The number of ketones is 1. The SMILES string of the molecule is CC(=O)Nc1ccc(C(=O)COC(=O)c2ncc(Cl)c(Cl)c2Cl)cc1. The molecular weight excluding hydrogens is 391 g/mol. The average Bonchev–Trinajstić information content (AvgIpc) is 2.57. The van der Waals surface area contributed by atoms with Crippen molar-refractivity contribution in [2.45, 2.75) is 6.92 Å². The Bertz CT molecular complexity index is 838. The van der Waals surface area contributed by atoms with Crippen molar-refractivity contribution in [1.82, 2.24) is 4.98 Å². The fraction of sp³-hybridized carbons (Fsp3) is 0.125. The standard InChI is InChI=1S/C16H11Cl3N2O4/c1-8(22)21-10-4-2-9(3-5-10)12(23)7-25-16(24)15-14(19)13(18)11(17)6-20-15/h2-6H,7H2,1H3,(H,21,22). The summed E-state index contributed by atoms with van der Waals surface area (Å²) in [5.41, 5.74) is 0.632. The monoisotopic (exact) mass is 400 g/mol. The number of benzene rings is 1. The van der Waals surface area contributed by atoms with E-state index in [2.05, 4.69) is 10.3 Å². The zero-order valence-electron chi connectivity index (χ0n) is 12.8. The predicted molar refractivity (Wildman–Crippen MR) is 94.6 cm³/mol. The second-order valence-electron chi connectivity index (χ2n) is 4.84. The van der Waals surface area contributed by atoms with Crippen molar-refractivity contribution >= 4 is 58.1 Å². The van der Waals surface area contributed by atoms with E-state index in [4.69, 9.17) is 39.5 Å². The highest BCUT2D eigenvalue weighted by atomic mass is 35.5. The van der Waals surface area contributed by atoms with Gasteiger partial charge in [-0.05, 0) is 24.3 Å². The molecule has 1 aromatic heterocycles. The Morgan fingerprint density at radius 2 is 1.72 bits per heavy atom. The van der Waals surface area contributed by atoms with Crippen molar-refractivity contribution in [1.29, 1.82) is 0 Å². The highest BCUT2D eigenvalue weighted by molar-refractivity contribution is 6.48. The molecule has 1 aromatic carbocycles. The fourth-order valence-corrected chi connectivity index (χ4v) is 2.37. The van der Waals surface area contributed by atoms with E-state index in [1.54, 1.807) is 12.1 Å². The van der Waals surface area contributed by atoms with Crippen LogP contribution in [-0.4, -0.2) is 29.3 Å². The molecule has 0 spiro atoms. The van der Waals surface area contributed by atoms with Crippen LogP contribution in [0, 0.1) is 0 Å². The third kappa shape index (κ3) is 4.92. The first-order valence-corrected chi connectivity index (χ1v) is 8.00. The van der Waals surface area contributed by atoms with Gasteiger partial charge in [-0.1, -0.05) is 34.8 Å². The lowest BCUT2D eigenvalue weighted by Gasteiger charge is -2.07. The maximum atomic E-state index is 12.1. The van der Waals surface area contributed by atoms with E-state index in [1.165, 1.54) is 19.1 Å². The number of anilines is 1. The van der Waals surface area contributed by atoms with E-state index >= 15 is 0 Å². The second kappa shape index (κ2) is 8.29. The maximum Gasteiger partial charge on any atom is 0.358 e. The van der Waals surface area contributed by atoms with Gasteiger partial charge in [-0.25, -0.2) is 9.78 Å². The molecule has 9 heteroatoms. The summed E-state index contributed by atoms with van der Waals surface area (Å²) in [5.74, 6) is -1.55. The van der Waals surface area contributed by atoms with Gasteiger partial charge >= 0.3 is 5.97 Å². The number of nitrogens with one attached hydrogen (secondary N) is 1. The van der Waals surface area contributed by atoms with Gasteiger partial charge < -0.3 is 10.1 Å². The summed E-state index contributed by atoms with van der Waals surface area (Å²) in [6.07, 6.45) is 1.16. The van der Waals surface area contributed by atoms with E-state index in [0.29, 0.717) is 11.3 Å². The molecule has 0 saturated heterocycles. The van der Waals surface area contributed by atoms with Gasteiger partial charge in [0.05, 0.1) is 15.1 Å². The number of hydrogen-bond donors (Lipinski definition) is 1. The largest absolute Gasteiger partial charge is 0.453 e. The summed E-state index contributed by atoms with van der Waals surface area (Å²) in [4.78, 5) is 38.7. The highest BCUT2D eigenvalue weighted by Crippen LogP contribution is 2.31. The van der Waals surface area contributed by atoms with Crippen LogP contribution < -0.4 is 5.32 Å². The van der Waals surface area contributed by atoms with Crippen LogP contribution >= 0.6 is 34.8 Å². The molecule has 0 saturated carbocycles. The third-order valence-electron chi connectivity index (χ3n) is 2.97. The number of aromatic nitrogens is 1. The number of ether oxygens (including phenoxy) is 1. The molecule has 1 N–H and O–H groups in total. The number of hydrogen-bond acceptors (Lipinski definition) is 5. The lowest BCUT2D eigenvalue weighted by Crippen LogP contribution is -2.16. The van der Waals surface area contributed by atoms with Crippen LogP contribution in [-0.2, 0) is 9.53 Å². The molecule has 0 atom stereocenters. The molecular formula is C16H11Cl3N2O4. The van der Waals surface area contributed by atoms with Gasteiger partial charge in [0.25, 0.3) is 0 Å². The van der Waals surface area contributed by atoms with E-state index < -0.39 is 18.4 Å². The first-order valence-electron chi connectivity index (χ1n) is 6.87. The normalized spacial score (nSPS) is 10.2. The number of pyridine rings is 1. The van der Waals surface area contributed by atoms with Crippen molar-refractivity contribution in [2.75, 3.05) is 11.9 Å². The Kier molecular flexibility index (Phi) is 6.36. The van der Waals surface area contributed by atoms with Crippen LogP contribution in [0.3, 0.4) is 0 Å². The Morgan fingerprint density at radius 3 is 2.32 bits per heavy atom. The van der Waals surface area contributed by atoms with Gasteiger partial charge in [0.2, 0.25) is 5.91 Å². The molecule has 0 aliphatic rings. The average molecular weight is 402 g/mol. The first-order chi connectivity index (χ1) is 11.8. The first kappa shape index (κ1) is 19.2. The lowest BCUT2D eigenvalue weighted by molar-refractivity contribution is -0.114. The second-order valence-corrected chi connectivity index (χ2v) is 6.00. The number of nitrogens with zero attached hydrogens (tertiary/aromatic N) is 1. The van der Waals surface area contributed by atoms with Gasteiger partial charge in [-0.15, -0.1) is 0 Å². The molecule has 2 aromatic rings. The molecule has 0 aliphatic carbocycles. The Morgan fingerprint density at radius 1 is 1.08 bits per heavy atom. The third-order valence-corrected chi connectivity index (χ3v) is 4.21. The van der Waals surface area contributed by atoms with Crippen molar-refractivity contribution in [3.8, 4) is 0 Å². The summed E-state index contributed by atoms with van der Waals surface area (Å²) < 4.78 is 4.91. The van der Waals surface area contributed by atoms with Gasteiger partial charge in [-0.2, -0.15) is 0 Å². The minimum absolute atomic E-state index is 0.0230. The lowest BCUT2D eigenvalue weighted by atomic mass is 10.1. The van der Waals surface area contributed by atoms with Crippen molar-refractivity contribution in [3.63, 3.8) is 0 Å². The minimum Gasteiger partial charge on any atom is -0.453 e. The summed E-state index contributed by atoms with van der Waals surface area (Å²) in [7, 11) is 0. The molecule has 0 aliphatic heterocycles. The molecule has 6 nitrogen and oxygen atoms in total. The maximum absolute atomic E-state index is 12.1. The number of carbonyl (C=O) groups excluding carboxylic acids is 3. The van der Waals surface area contributed by atoms with Crippen LogP contribution in [0.2, 0.25) is 15.1 Å². The van der Waals surface area contributed by atoms with Crippen molar-refractivity contribution in [3.05, 3.63) is 56.8 Å². The summed E-state index contributed by atoms with van der Waals surface area (Å²) in [5, 5.41) is 2.50. The number of rotatable bonds is 5. The van der Waals surface area contributed by atoms with E-state index in [0.717, 1.165) is 6.20 Å². The zero-order chi connectivity index (χ0) is 18.6. The summed E-state index contributed by atoms with van der Waals surface area (Å²) in [6.45, 7) is 0.872. The topological polar surface area (TPSA) is 85.4 Å². The molecule has 1 heterocycles.